The number of unbranched alkanes of at least 4 members (excludes halogenated alkanes) is 34. The Labute approximate surface area is 389 Å². The minimum Gasteiger partial charge on any atom is -0.462 e. The Morgan fingerprint density at radius 1 is 0.476 bits per heavy atom. The van der Waals surface area contributed by atoms with Crippen LogP contribution in [-0.4, -0.2) is 49.3 Å². The van der Waals surface area contributed by atoms with Crippen molar-refractivity contribution in [2.45, 2.75) is 277 Å². The Hall–Kier alpha value is -1.51. The van der Waals surface area contributed by atoms with Crippen LogP contribution in [0.4, 0.5) is 0 Å². The third-order valence-corrected chi connectivity index (χ3v) is 12.8. The molecule has 2 atom stereocenters. The lowest BCUT2D eigenvalue weighted by Crippen LogP contribution is -2.29. The van der Waals surface area contributed by atoms with Crippen molar-refractivity contribution < 1.29 is 37.6 Å². The topological polar surface area (TPSA) is 134 Å². The molecule has 0 aromatic carbocycles. The molecule has 3 N–H and O–H groups in total. The monoisotopic (exact) mass is 912 g/mol. The molecule has 63 heavy (non-hydrogen) atoms. The van der Waals surface area contributed by atoms with Crippen molar-refractivity contribution in [3.63, 3.8) is 0 Å². The predicted octanol–water partition coefficient (Wildman–Crippen LogP) is 16.3. The highest BCUT2D eigenvalue weighted by atomic mass is 31.2. The highest BCUT2D eigenvalue weighted by molar-refractivity contribution is 7.47. The summed E-state index contributed by atoms with van der Waals surface area (Å²) < 4.78 is 32.6. The summed E-state index contributed by atoms with van der Waals surface area (Å²) in [4.78, 5) is 34.6. The summed E-state index contributed by atoms with van der Waals surface area (Å²) in [5, 5.41) is 0. The lowest BCUT2D eigenvalue weighted by Gasteiger charge is -2.19. The Morgan fingerprint density at radius 3 is 1.21 bits per heavy atom. The van der Waals surface area contributed by atoms with E-state index in [9.17, 15) is 19.0 Å². The molecule has 0 rings (SSSR count). The average molecular weight is 912 g/mol. The summed E-state index contributed by atoms with van der Waals surface area (Å²) >= 11 is 0. The Balaban J connectivity index is 3.62. The fourth-order valence-corrected chi connectivity index (χ4v) is 8.61. The maximum absolute atomic E-state index is 12.6. The molecule has 0 aliphatic carbocycles. The molecule has 0 bridgehead atoms. The van der Waals surface area contributed by atoms with Gasteiger partial charge in [-0.3, -0.25) is 18.6 Å². The van der Waals surface area contributed by atoms with Crippen molar-refractivity contribution in [3.05, 3.63) is 24.3 Å². The maximum atomic E-state index is 12.6. The molecule has 0 saturated heterocycles. The molecule has 9 nitrogen and oxygen atoms in total. The quantitative estimate of drug-likeness (QED) is 0.0265. The normalized spacial score (nSPS) is 13.3. The minimum absolute atomic E-state index is 0.0562. The summed E-state index contributed by atoms with van der Waals surface area (Å²) in [6.45, 7) is 3.65. The molecule has 2 unspecified atom stereocenters. The lowest BCUT2D eigenvalue weighted by molar-refractivity contribution is -0.161. The first-order valence-corrected chi connectivity index (χ1v) is 28.3. The number of carbonyl (C=O) groups is 2. The van der Waals surface area contributed by atoms with Crippen LogP contribution < -0.4 is 5.73 Å². The van der Waals surface area contributed by atoms with Crippen LogP contribution in [0.15, 0.2) is 24.3 Å². The number of hydrogen-bond acceptors (Lipinski definition) is 8. The Kier molecular flexibility index (Phi) is 48.7. The second-order valence-corrected chi connectivity index (χ2v) is 19.6. The van der Waals surface area contributed by atoms with Gasteiger partial charge in [0.1, 0.15) is 6.61 Å². The molecule has 0 aromatic heterocycles. The summed E-state index contributed by atoms with van der Waals surface area (Å²) in [5.74, 6) is -0.830. The zero-order chi connectivity index (χ0) is 46.0. The zero-order valence-corrected chi connectivity index (χ0v) is 42.2. The van der Waals surface area contributed by atoms with E-state index in [1.54, 1.807) is 0 Å². The molecule has 0 saturated carbocycles. The molecule has 0 aliphatic heterocycles. The third kappa shape index (κ3) is 49.8. The van der Waals surface area contributed by atoms with Crippen molar-refractivity contribution >= 4 is 19.8 Å². The molecule has 0 fully saturated rings. The molecule has 0 radical (unpaired) electrons. The van der Waals surface area contributed by atoms with Crippen LogP contribution in [0.5, 0.6) is 0 Å². The van der Waals surface area contributed by atoms with Crippen LogP contribution in [0.1, 0.15) is 271 Å². The Morgan fingerprint density at radius 2 is 0.825 bits per heavy atom. The standard InChI is InChI=1S/C53H102NO8P/c1-3-5-7-9-10-11-12-13-14-15-16-17-18-19-20-21-22-23-24-25-26-27-28-29-30-31-32-33-34-35-36-37-38-39-40-42-44-46-53(56)62-51(50-61-63(57,58)60-48-47-54)49-59-52(55)45-43-41-8-6-4-2/h12-13,15-16,51H,3-11,14,17-50,54H2,1-2H3,(H,57,58)/b13-12-,16-15-. The van der Waals surface area contributed by atoms with Gasteiger partial charge in [-0.2, -0.15) is 0 Å². The van der Waals surface area contributed by atoms with Gasteiger partial charge in [0, 0.05) is 19.4 Å². The van der Waals surface area contributed by atoms with Crippen LogP contribution in [0, 0.1) is 0 Å². The molecule has 0 aliphatic rings. The number of rotatable bonds is 51. The van der Waals surface area contributed by atoms with E-state index in [0.29, 0.717) is 6.42 Å². The van der Waals surface area contributed by atoms with Gasteiger partial charge in [-0.15, -0.1) is 0 Å². The number of carbonyl (C=O) groups excluding carboxylic acids is 2. The van der Waals surface area contributed by atoms with E-state index in [-0.39, 0.29) is 38.6 Å². The van der Waals surface area contributed by atoms with E-state index >= 15 is 0 Å². The van der Waals surface area contributed by atoms with Crippen molar-refractivity contribution in [2.24, 2.45) is 5.73 Å². The summed E-state index contributed by atoms with van der Waals surface area (Å²) in [6, 6.07) is 0. The minimum atomic E-state index is -4.36. The fourth-order valence-electron chi connectivity index (χ4n) is 7.84. The smallest absolute Gasteiger partial charge is 0.462 e. The van der Waals surface area contributed by atoms with E-state index in [1.807, 2.05) is 0 Å². The van der Waals surface area contributed by atoms with Crippen molar-refractivity contribution in [2.75, 3.05) is 26.4 Å². The summed E-state index contributed by atoms with van der Waals surface area (Å²) in [6.07, 6.45) is 57.5. The number of allylic oxidation sites excluding steroid dienone is 4. The van der Waals surface area contributed by atoms with Crippen LogP contribution in [-0.2, 0) is 32.7 Å². The van der Waals surface area contributed by atoms with Crippen molar-refractivity contribution in [1.29, 1.82) is 0 Å². The predicted molar refractivity (Wildman–Crippen MR) is 266 cm³/mol. The van der Waals surface area contributed by atoms with E-state index in [0.717, 1.165) is 51.4 Å². The summed E-state index contributed by atoms with van der Waals surface area (Å²) in [7, 11) is -4.36. The first-order chi connectivity index (χ1) is 30.8. The van der Waals surface area contributed by atoms with Gasteiger partial charge in [-0.05, 0) is 44.9 Å². The van der Waals surface area contributed by atoms with Gasteiger partial charge in [0.05, 0.1) is 13.2 Å². The first kappa shape index (κ1) is 61.5. The van der Waals surface area contributed by atoms with E-state index < -0.39 is 26.5 Å². The largest absolute Gasteiger partial charge is 0.472 e. The van der Waals surface area contributed by atoms with Crippen LogP contribution >= 0.6 is 7.82 Å². The molecule has 0 aromatic rings. The number of esters is 2. The number of phosphoric ester groups is 1. The van der Waals surface area contributed by atoms with Gasteiger partial charge in [-0.1, -0.05) is 237 Å². The molecular formula is C53H102NO8P. The van der Waals surface area contributed by atoms with Crippen LogP contribution in [0.3, 0.4) is 0 Å². The van der Waals surface area contributed by atoms with Crippen LogP contribution in [0.2, 0.25) is 0 Å². The van der Waals surface area contributed by atoms with Gasteiger partial charge in [0.2, 0.25) is 0 Å². The van der Waals surface area contributed by atoms with E-state index in [1.165, 1.54) is 186 Å². The molecule has 372 valence electrons. The van der Waals surface area contributed by atoms with Crippen molar-refractivity contribution in [1.82, 2.24) is 0 Å². The lowest BCUT2D eigenvalue weighted by atomic mass is 10.0. The number of phosphoric acid groups is 1. The number of hydrogen-bond donors (Lipinski definition) is 2. The molecule has 0 amide bonds. The molecule has 0 heterocycles. The van der Waals surface area contributed by atoms with Crippen LogP contribution in [0.25, 0.3) is 0 Å². The molecule has 10 heteroatoms. The van der Waals surface area contributed by atoms with Crippen molar-refractivity contribution in [3.8, 4) is 0 Å². The Bertz CT molecular complexity index is 1090. The van der Waals surface area contributed by atoms with Gasteiger partial charge >= 0.3 is 19.8 Å². The third-order valence-electron chi connectivity index (χ3n) is 11.8. The van der Waals surface area contributed by atoms with Gasteiger partial charge < -0.3 is 20.1 Å². The number of nitrogens with two attached hydrogens (primary N) is 1. The molecule has 0 spiro atoms. The number of ether oxygens (including phenoxy) is 2. The van der Waals surface area contributed by atoms with E-state index in [2.05, 4.69) is 38.2 Å². The summed E-state index contributed by atoms with van der Waals surface area (Å²) in [5.41, 5.74) is 5.34. The second-order valence-electron chi connectivity index (χ2n) is 18.1. The SMILES string of the molecule is CCCCCCC/C=C\C/C=C\CCCCCCCCCCCCCCCCCCCCCCCCCCCC(=O)OC(COC(=O)CCCCCCC)COP(=O)(O)OCCN. The van der Waals surface area contributed by atoms with E-state index in [4.69, 9.17) is 24.3 Å². The van der Waals surface area contributed by atoms with Gasteiger partial charge in [0.15, 0.2) is 6.10 Å². The highest BCUT2D eigenvalue weighted by Gasteiger charge is 2.26. The average Bonchev–Trinajstić information content (AvgIpc) is 3.27. The van der Waals surface area contributed by atoms with Gasteiger partial charge in [-0.25, -0.2) is 4.57 Å². The fraction of sp³-hybridized carbons (Fsp3) is 0.887. The maximum Gasteiger partial charge on any atom is 0.472 e. The highest BCUT2D eigenvalue weighted by Crippen LogP contribution is 2.43. The van der Waals surface area contributed by atoms with Gasteiger partial charge in [0.25, 0.3) is 0 Å². The molecular weight excluding hydrogens is 810 g/mol. The first-order valence-electron chi connectivity index (χ1n) is 26.8. The zero-order valence-electron chi connectivity index (χ0n) is 41.3. The second kappa shape index (κ2) is 49.9.